The summed E-state index contributed by atoms with van der Waals surface area (Å²) in [6, 6.07) is 9.90. The van der Waals surface area contributed by atoms with Crippen LogP contribution in [0.5, 0.6) is 0 Å². The summed E-state index contributed by atoms with van der Waals surface area (Å²) in [6.07, 6.45) is 1.63. The first kappa shape index (κ1) is 16.6. The van der Waals surface area contributed by atoms with Crippen LogP contribution in [0.2, 0.25) is 0 Å². The number of fused-ring (bicyclic) bond motifs is 5. The van der Waals surface area contributed by atoms with Gasteiger partial charge in [0, 0.05) is 11.3 Å². The Hall–Kier alpha value is -2.58. The average Bonchev–Trinajstić information content (AvgIpc) is 3.30. The van der Waals surface area contributed by atoms with E-state index in [4.69, 9.17) is 4.74 Å². The van der Waals surface area contributed by atoms with Gasteiger partial charge in [-0.05, 0) is 34.9 Å². The summed E-state index contributed by atoms with van der Waals surface area (Å²) in [5.74, 6) is 0.467. The van der Waals surface area contributed by atoms with Gasteiger partial charge in [-0.3, -0.25) is 9.36 Å². The fraction of sp³-hybridized carbons (Fsp3) is 0.368. The number of aromatic nitrogens is 5. The summed E-state index contributed by atoms with van der Waals surface area (Å²) < 4.78 is 9.43. The molecule has 1 aliphatic rings. The Morgan fingerprint density at radius 3 is 2.89 bits per heavy atom. The van der Waals surface area contributed by atoms with E-state index in [2.05, 4.69) is 29.4 Å². The van der Waals surface area contributed by atoms with Gasteiger partial charge in [0.2, 0.25) is 0 Å². The van der Waals surface area contributed by atoms with Crippen molar-refractivity contribution in [2.24, 2.45) is 0 Å². The molecular weight excluding hydrogens is 362 g/mol. The van der Waals surface area contributed by atoms with Gasteiger partial charge in [-0.2, -0.15) is 4.52 Å². The lowest BCUT2D eigenvalue weighted by Crippen LogP contribution is -2.34. The number of benzene rings is 1. The number of hydrogen-bond donors (Lipinski definition) is 0. The molecule has 138 valence electrons. The minimum Gasteiger partial charge on any atom is -0.369 e. The summed E-state index contributed by atoms with van der Waals surface area (Å²) in [5, 5.41) is 12.8. The van der Waals surface area contributed by atoms with Crippen LogP contribution in [0.3, 0.4) is 0 Å². The molecule has 0 saturated carbocycles. The normalized spacial score (nSPS) is 19.6. The zero-order valence-corrected chi connectivity index (χ0v) is 16.0. The first-order valence-electron chi connectivity index (χ1n) is 9.02. The molecule has 1 aromatic carbocycles. The molecule has 0 radical (unpaired) electrons. The zero-order valence-electron chi connectivity index (χ0n) is 15.2. The second kappa shape index (κ2) is 5.97. The second-order valence-corrected chi connectivity index (χ2v) is 8.30. The lowest BCUT2D eigenvalue weighted by atomic mass is 9.90. The Balaban J connectivity index is 1.78. The van der Waals surface area contributed by atoms with Gasteiger partial charge < -0.3 is 4.74 Å². The molecule has 8 heteroatoms. The third-order valence-corrected chi connectivity index (χ3v) is 6.63. The lowest BCUT2D eigenvalue weighted by Gasteiger charge is -2.32. The van der Waals surface area contributed by atoms with Gasteiger partial charge in [-0.1, -0.05) is 42.4 Å². The number of rotatable bonds is 3. The van der Waals surface area contributed by atoms with Gasteiger partial charge in [0.25, 0.3) is 11.3 Å². The van der Waals surface area contributed by atoms with Crippen molar-refractivity contribution >= 4 is 27.3 Å². The van der Waals surface area contributed by atoms with E-state index in [0.29, 0.717) is 18.9 Å². The number of thiophene rings is 1. The molecule has 0 N–H and O–H groups in total. The van der Waals surface area contributed by atoms with E-state index in [1.54, 1.807) is 20.4 Å². The second-order valence-electron chi connectivity index (χ2n) is 7.22. The molecule has 4 heterocycles. The topological polar surface area (TPSA) is 74.3 Å². The average molecular weight is 381 g/mol. The molecule has 0 bridgehead atoms. The van der Waals surface area contributed by atoms with Crippen molar-refractivity contribution in [1.29, 1.82) is 0 Å². The molecule has 27 heavy (non-hydrogen) atoms. The highest BCUT2D eigenvalue weighted by Crippen LogP contribution is 2.38. The van der Waals surface area contributed by atoms with Crippen LogP contribution in [0.1, 0.15) is 36.3 Å². The fourth-order valence-corrected chi connectivity index (χ4v) is 4.85. The molecule has 7 nitrogen and oxygen atoms in total. The van der Waals surface area contributed by atoms with Crippen molar-refractivity contribution in [3.05, 3.63) is 56.7 Å². The van der Waals surface area contributed by atoms with E-state index in [-0.39, 0.29) is 11.2 Å². The van der Waals surface area contributed by atoms with Crippen molar-refractivity contribution in [2.45, 2.75) is 45.4 Å². The van der Waals surface area contributed by atoms with Gasteiger partial charge in [-0.15, -0.1) is 11.3 Å². The highest BCUT2D eigenvalue weighted by Gasteiger charge is 2.34. The number of hydrogen-bond acceptors (Lipinski definition) is 6. The van der Waals surface area contributed by atoms with Gasteiger partial charge in [-0.25, -0.2) is 0 Å². The van der Waals surface area contributed by atoms with E-state index in [1.807, 2.05) is 30.3 Å². The first-order valence-corrected chi connectivity index (χ1v) is 9.84. The first-order chi connectivity index (χ1) is 13.1. The van der Waals surface area contributed by atoms with Crippen LogP contribution in [0.4, 0.5) is 0 Å². The molecule has 0 amide bonds. The predicted octanol–water partition coefficient (Wildman–Crippen LogP) is 2.79. The van der Waals surface area contributed by atoms with Crippen molar-refractivity contribution in [1.82, 2.24) is 24.6 Å². The summed E-state index contributed by atoms with van der Waals surface area (Å²) in [6.45, 7) is 5.19. The molecule has 3 aromatic heterocycles. The van der Waals surface area contributed by atoms with Crippen LogP contribution in [-0.4, -0.2) is 30.2 Å². The van der Waals surface area contributed by atoms with Crippen molar-refractivity contribution in [3.63, 3.8) is 0 Å². The van der Waals surface area contributed by atoms with Crippen molar-refractivity contribution in [2.75, 3.05) is 0 Å². The minimum atomic E-state index is -0.243. The van der Waals surface area contributed by atoms with E-state index >= 15 is 0 Å². The minimum absolute atomic E-state index is 0.0333. The van der Waals surface area contributed by atoms with Gasteiger partial charge in [0.1, 0.15) is 4.83 Å². The lowest BCUT2D eigenvalue weighted by molar-refractivity contribution is -0.0543. The smallest absolute Gasteiger partial charge is 0.264 e. The number of ether oxygens (including phenoxy) is 1. The quantitative estimate of drug-likeness (QED) is 0.546. The molecule has 0 spiro atoms. The number of tetrazole rings is 1. The van der Waals surface area contributed by atoms with Crippen molar-refractivity contribution < 1.29 is 4.74 Å². The molecule has 0 saturated heterocycles. The molecule has 0 aliphatic carbocycles. The van der Waals surface area contributed by atoms with Crippen LogP contribution in [0, 0.1) is 0 Å². The van der Waals surface area contributed by atoms with E-state index in [0.717, 1.165) is 39.1 Å². The van der Waals surface area contributed by atoms with E-state index in [1.165, 1.54) is 0 Å². The molecule has 1 unspecified atom stereocenters. The summed E-state index contributed by atoms with van der Waals surface area (Å²) in [4.78, 5) is 15.4. The standard InChI is InChI=1S/C19H19N5O2S/c1-3-19(2)9-13-14(11-26-19)27-17-15(13)16(25)23(18-20-21-22-24(17)18)10-12-7-5-4-6-8-12/h4-8H,3,9-11H2,1-2H3. The van der Waals surface area contributed by atoms with Crippen LogP contribution >= 0.6 is 11.3 Å². The van der Waals surface area contributed by atoms with E-state index < -0.39 is 0 Å². The van der Waals surface area contributed by atoms with Crippen molar-refractivity contribution in [3.8, 4) is 0 Å². The monoisotopic (exact) mass is 381 g/mol. The van der Waals surface area contributed by atoms with Gasteiger partial charge in [0.15, 0.2) is 0 Å². The Morgan fingerprint density at radius 1 is 1.30 bits per heavy atom. The largest absolute Gasteiger partial charge is 0.369 e. The Kier molecular flexibility index (Phi) is 3.66. The molecule has 0 fully saturated rings. The maximum absolute atomic E-state index is 13.5. The third kappa shape index (κ3) is 2.51. The fourth-order valence-electron chi connectivity index (χ4n) is 3.68. The van der Waals surface area contributed by atoms with Crippen LogP contribution in [0.25, 0.3) is 16.0 Å². The highest BCUT2D eigenvalue weighted by molar-refractivity contribution is 7.18. The van der Waals surface area contributed by atoms with Gasteiger partial charge in [0.05, 0.1) is 24.1 Å². The highest BCUT2D eigenvalue weighted by atomic mass is 32.1. The number of nitrogens with zero attached hydrogens (tertiary/aromatic N) is 5. The van der Waals surface area contributed by atoms with Crippen LogP contribution < -0.4 is 5.56 Å². The van der Waals surface area contributed by atoms with E-state index in [9.17, 15) is 4.79 Å². The molecular formula is C19H19N5O2S. The Morgan fingerprint density at radius 2 is 2.11 bits per heavy atom. The van der Waals surface area contributed by atoms with Crippen LogP contribution in [0.15, 0.2) is 35.1 Å². The molecule has 1 atom stereocenters. The molecule has 4 aromatic rings. The SMILES string of the molecule is CCC1(C)Cc2c(sc3c2c(=O)n(Cc2ccccc2)c2nnnn32)CO1. The zero-order chi connectivity index (χ0) is 18.6. The molecule has 5 rings (SSSR count). The Bertz CT molecular complexity index is 1210. The van der Waals surface area contributed by atoms with Crippen LogP contribution in [-0.2, 0) is 24.3 Å². The third-order valence-electron chi connectivity index (χ3n) is 5.45. The predicted molar refractivity (Wildman–Crippen MR) is 103 cm³/mol. The summed E-state index contributed by atoms with van der Waals surface area (Å²) >= 11 is 1.56. The maximum Gasteiger partial charge on any atom is 0.264 e. The Labute approximate surface area is 159 Å². The van der Waals surface area contributed by atoms with Gasteiger partial charge >= 0.3 is 0 Å². The summed E-state index contributed by atoms with van der Waals surface area (Å²) in [7, 11) is 0. The maximum atomic E-state index is 13.5. The molecule has 1 aliphatic heterocycles. The summed E-state index contributed by atoms with van der Waals surface area (Å²) in [5.41, 5.74) is 1.85.